The van der Waals surface area contributed by atoms with Gasteiger partial charge in [-0.15, -0.1) is 11.8 Å². The lowest BCUT2D eigenvalue weighted by atomic mass is 10.1. The van der Waals surface area contributed by atoms with E-state index in [0.717, 1.165) is 28.9 Å². The predicted molar refractivity (Wildman–Crippen MR) is 92.9 cm³/mol. The zero-order valence-electron chi connectivity index (χ0n) is 13.1. The molecule has 3 rings (SSSR count). The van der Waals surface area contributed by atoms with Gasteiger partial charge in [0.1, 0.15) is 5.82 Å². The van der Waals surface area contributed by atoms with Crippen molar-refractivity contribution in [2.75, 3.05) is 5.75 Å². The third-order valence-electron chi connectivity index (χ3n) is 4.13. The Labute approximate surface area is 144 Å². The highest BCUT2D eigenvalue weighted by Gasteiger charge is 2.25. The summed E-state index contributed by atoms with van der Waals surface area (Å²) in [6.07, 6.45) is 1.42. The van der Waals surface area contributed by atoms with Crippen LogP contribution in [0.2, 0.25) is 0 Å². The van der Waals surface area contributed by atoms with Gasteiger partial charge >= 0.3 is 0 Å². The van der Waals surface area contributed by atoms with E-state index in [1.54, 1.807) is 18.2 Å². The smallest absolute Gasteiger partial charge is 0.230 e. The molecule has 1 N–H and O–H groups in total. The van der Waals surface area contributed by atoms with Gasteiger partial charge in [-0.1, -0.05) is 24.3 Å². The van der Waals surface area contributed by atoms with Crippen molar-refractivity contribution >= 4 is 17.7 Å². The number of fused-ring (bicyclic) bond motifs is 1. The highest BCUT2D eigenvalue weighted by molar-refractivity contribution is 7.99. The van der Waals surface area contributed by atoms with Gasteiger partial charge < -0.3 is 5.32 Å². The van der Waals surface area contributed by atoms with Crippen LogP contribution in [0.5, 0.6) is 0 Å². The van der Waals surface area contributed by atoms with E-state index in [-0.39, 0.29) is 17.8 Å². The zero-order chi connectivity index (χ0) is 16.9. The number of rotatable bonds is 5. The Hall–Kier alpha value is -2.32. The van der Waals surface area contributed by atoms with E-state index in [9.17, 15) is 9.18 Å². The number of nitrogens with zero attached hydrogens (tertiary/aromatic N) is 1. The van der Waals surface area contributed by atoms with Crippen LogP contribution in [0.15, 0.2) is 42.5 Å². The lowest BCUT2D eigenvalue weighted by Gasteiger charge is -2.14. The van der Waals surface area contributed by atoms with Crippen molar-refractivity contribution < 1.29 is 9.18 Å². The Balaban J connectivity index is 1.49. The number of nitrogens with one attached hydrogen (secondary N) is 1. The number of hydrogen-bond acceptors (Lipinski definition) is 3. The summed E-state index contributed by atoms with van der Waals surface area (Å²) < 4.78 is 13.7. The summed E-state index contributed by atoms with van der Waals surface area (Å²) >= 11 is 1.53. The van der Waals surface area contributed by atoms with Crippen LogP contribution in [-0.4, -0.2) is 11.7 Å². The third-order valence-corrected chi connectivity index (χ3v) is 5.14. The first-order valence-corrected chi connectivity index (χ1v) is 8.96. The minimum Gasteiger partial charge on any atom is -0.349 e. The van der Waals surface area contributed by atoms with Crippen molar-refractivity contribution in [2.45, 2.75) is 24.6 Å². The molecule has 3 nitrogen and oxygen atoms in total. The molecule has 0 saturated carbocycles. The minimum absolute atomic E-state index is 0.0317. The van der Waals surface area contributed by atoms with Gasteiger partial charge in [0.25, 0.3) is 0 Å². The molecule has 24 heavy (non-hydrogen) atoms. The largest absolute Gasteiger partial charge is 0.349 e. The fourth-order valence-corrected chi connectivity index (χ4v) is 3.73. The molecule has 0 radical (unpaired) electrons. The maximum Gasteiger partial charge on any atom is 0.230 e. The quantitative estimate of drug-likeness (QED) is 0.902. The summed E-state index contributed by atoms with van der Waals surface area (Å²) in [6.45, 7) is 0. The standard InChI is InChI=1S/C19H17FN2OS/c20-17-3-1-2-16-15(17)8-9-18(16)22-19(23)12-24-11-14-6-4-13(10-21)5-7-14/h1-7,18H,8-9,11-12H2,(H,22,23). The van der Waals surface area contributed by atoms with Gasteiger partial charge in [-0.25, -0.2) is 4.39 Å². The highest BCUT2D eigenvalue weighted by Crippen LogP contribution is 2.32. The maximum absolute atomic E-state index is 13.7. The first-order valence-electron chi connectivity index (χ1n) is 7.81. The molecule has 5 heteroatoms. The van der Waals surface area contributed by atoms with Crippen LogP contribution in [0.1, 0.15) is 34.7 Å². The summed E-state index contributed by atoms with van der Waals surface area (Å²) in [4.78, 5) is 12.1. The van der Waals surface area contributed by atoms with Crippen molar-refractivity contribution in [3.8, 4) is 6.07 Å². The second-order valence-electron chi connectivity index (χ2n) is 5.77. The summed E-state index contributed by atoms with van der Waals surface area (Å²) in [7, 11) is 0. The van der Waals surface area contributed by atoms with E-state index in [1.807, 2.05) is 18.2 Å². The number of hydrogen-bond donors (Lipinski definition) is 1. The molecule has 0 heterocycles. The van der Waals surface area contributed by atoms with E-state index < -0.39 is 0 Å². The van der Waals surface area contributed by atoms with Crippen LogP contribution in [0, 0.1) is 17.1 Å². The van der Waals surface area contributed by atoms with Gasteiger partial charge in [0, 0.05) is 5.75 Å². The average Bonchev–Trinajstić information content (AvgIpc) is 3.00. The van der Waals surface area contributed by atoms with Crippen molar-refractivity contribution in [3.63, 3.8) is 0 Å². The SMILES string of the molecule is N#Cc1ccc(CSCC(=O)NC2CCc3c(F)cccc32)cc1. The Morgan fingerprint density at radius 1 is 1.29 bits per heavy atom. The number of halogens is 1. The molecule has 0 fully saturated rings. The molecule has 1 aliphatic rings. The van der Waals surface area contributed by atoms with Crippen LogP contribution in [0.25, 0.3) is 0 Å². The molecular formula is C19H17FN2OS. The fraction of sp³-hybridized carbons (Fsp3) is 0.263. The number of carbonyl (C=O) groups is 1. The van der Waals surface area contributed by atoms with Gasteiger partial charge in [-0.2, -0.15) is 5.26 Å². The van der Waals surface area contributed by atoms with Crippen LogP contribution < -0.4 is 5.32 Å². The lowest BCUT2D eigenvalue weighted by Crippen LogP contribution is -2.28. The molecule has 2 aromatic rings. The van der Waals surface area contributed by atoms with Crippen LogP contribution in [0.4, 0.5) is 4.39 Å². The van der Waals surface area contributed by atoms with Crippen LogP contribution >= 0.6 is 11.8 Å². The maximum atomic E-state index is 13.7. The molecule has 122 valence electrons. The topological polar surface area (TPSA) is 52.9 Å². The fourth-order valence-electron chi connectivity index (χ4n) is 2.93. The zero-order valence-corrected chi connectivity index (χ0v) is 13.9. The highest BCUT2D eigenvalue weighted by atomic mass is 32.2. The molecule has 0 aromatic heterocycles. The Kier molecular flexibility index (Phi) is 5.17. The summed E-state index contributed by atoms with van der Waals surface area (Å²) in [5.74, 6) is 0.867. The van der Waals surface area contributed by atoms with Crippen molar-refractivity contribution in [3.05, 3.63) is 70.5 Å². The van der Waals surface area contributed by atoms with Gasteiger partial charge in [0.05, 0.1) is 23.4 Å². The number of amides is 1. The molecule has 1 aliphatic carbocycles. The van der Waals surface area contributed by atoms with Crippen LogP contribution in [-0.2, 0) is 17.0 Å². The molecule has 1 unspecified atom stereocenters. The normalized spacial score (nSPS) is 15.6. The second-order valence-corrected chi connectivity index (χ2v) is 6.75. The van der Waals surface area contributed by atoms with E-state index in [1.165, 1.54) is 17.8 Å². The van der Waals surface area contributed by atoms with Gasteiger partial charge in [0.15, 0.2) is 0 Å². The Bertz CT molecular complexity index is 783. The first-order chi connectivity index (χ1) is 11.7. The monoisotopic (exact) mass is 340 g/mol. The third kappa shape index (κ3) is 3.77. The molecule has 1 atom stereocenters. The minimum atomic E-state index is -0.181. The number of thioether (sulfide) groups is 1. The molecule has 0 aliphatic heterocycles. The Morgan fingerprint density at radius 3 is 2.83 bits per heavy atom. The summed E-state index contributed by atoms with van der Waals surface area (Å²) in [5, 5.41) is 11.8. The number of benzene rings is 2. The van der Waals surface area contributed by atoms with Crippen LogP contribution in [0.3, 0.4) is 0 Å². The average molecular weight is 340 g/mol. The van der Waals surface area contributed by atoms with Crippen molar-refractivity contribution in [1.82, 2.24) is 5.32 Å². The first kappa shape index (κ1) is 16.5. The van der Waals surface area contributed by atoms with Gasteiger partial charge in [-0.05, 0) is 47.7 Å². The van der Waals surface area contributed by atoms with E-state index >= 15 is 0 Å². The molecule has 0 bridgehead atoms. The molecule has 0 saturated heterocycles. The van der Waals surface area contributed by atoms with E-state index in [0.29, 0.717) is 17.7 Å². The van der Waals surface area contributed by atoms with Crippen molar-refractivity contribution in [1.29, 1.82) is 5.26 Å². The second kappa shape index (κ2) is 7.50. The van der Waals surface area contributed by atoms with Crippen molar-refractivity contribution in [2.24, 2.45) is 0 Å². The number of nitriles is 1. The molecule has 0 spiro atoms. The summed E-state index contributed by atoms with van der Waals surface area (Å²) in [6, 6.07) is 14.4. The predicted octanol–water partition coefficient (Wildman–Crippen LogP) is 3.73. The Morgan fingerprint density at radius 2 is 2.08 bits per heavy atom. The van der Waals surface area contributed by atoms with Gasteiger partial charge in [-0.3, -0.25) is 4.79 Å². The lowest BCUT2D eigenvalue weighted by molar-refractivity contribution is -0.119. The number of carbonyl (C=O) groups excluding carboxylic acids is 1. The molecular weight excluding hydrogens is 323 g/mol. The molecule has 2 aromatic carbocycles. The van der Waals surface area contributed by atoms with E-state index in [4.69, 9.17) is 5.26 Å². The molecule has 1 amide bonds. The van der Waals surface area contributed by atoms with Gasteiger partial charge in [0.2, 0.25) is 5.91 Å². The summed E-state index contributed by atoms with van der Waals surface area (Å²) in [5.41, 5.74) is 3.35. The van der Waals surface area contributed by atoms with E-state index in [2.05, 4.69) is 11.4 Å².